The van der Waals surface area contributed by atoms with E-state index in [2.05, 4.69) is 46.2 Å². The molecule has 4 nitrogen and oxygen atoms in total. The second-order valence-corrected chi connectivity index (χ2v) is 9.95. The summed E-state index contributed by atoms with van der Waals surface area (Å²) in [6.45, 7) is 6.51. The smallest absolute Gasteiger partial charge is 0.207 e. The van der Waals surface area contributed by atoms with E-state index in [9.17, 15) is 0 Å². The average Bonchev–Trinajstić information content (AvgIpc) is 2.57. The molecule has 0 atom stereocenters. The van der Waals surface area contributed by atoms with E-state index in [1.165, 1.54) is 0 Å². The Balaban J connectivity index is 2.56. The van der Waals surface area contributed by atoms with Crippen LogP contribution >= 0.6 is 11.6 Å². The standard InChI is InChI=1S/C11H13ClN4Si/c1-16-11-8(7-13-16)10(12)14-9(15-11)5-6-17(2,3)4/h7H,1-4H3. The van der Waals surface area contributed by atoms with Gasteiger partial charge in [-0.25, -0.2) is 9.97 Å². The Hall–Kier alpha value is -1.38. The van der Waals surface area contributed by atoms with Gasteiger partial charge in [0.05, 0.1) is 11.6 Å². The first-order valence-corrected chi connectivity index (χ1v) is 9.13. The molecule has 2 heterocycles. The van der Waals surface area contributed by atoms with Crippen molar-refractivity contribution < 1.29 is 0 Å². The second kappa shape index (κ2) is 4.13. The van der Waals surface area contributed by atoms with Crippen molar-refractivity contribution in [1.29, 1.82) is 0 Å². The quantitative estimate of drug-likeness (QED) is 0.416. The van der Waals surface area contributed by atoms with Gasteiger partial charge in [0.25, 0.3) is 0 Å². The van der Waals surface area contributed by atoms with Gasteiger partial charge in [-0.1, -0.05) is 31.2 Å². The number of aromatic nitrogens is 4. The van der Waals surface area contributed by atoms with Crippen LogP contribution in [0.25, 0.3) is 11.0 Å². The minimum atomic E-state index is -1.43. The normalized spacial score (nSPS) is 11.4. The van der Waals surface area contributed by atoms with Gasteiger partial charge in [0, 0.05) is 7.05 Å². The Labute approximate surface area is 106 Å². The second-order valence-electron chi connectivity index (χ2n) is 4.84. The predicted molar refractivity (Wildman–Crippen MR) is 71.5 cm³/mol. The maximum absolute atomic E-state index is 6.06. The number of halogens is 1. The summed E-state index contributed by atoms with van der Waals surface area (Å²) in [5.74, 6) is 3.46. The molecule has 0 fully saturated rings. The molecule has 0 radical (unpaired) electrons. The molecule has 0 saturated carbocycles. The van der Waals surface area contributed by atoms with E-state index in [0.717, 1.165) is 5.39 Å². The lowest BCUT2D eigenvalue weighted by Crippen LogP contribution is -2.16. The first kappa shape index (κ1) is 12.1. The minimum absolute atomic E-state index is 0.406. The van der Waals surface area contributed by atoms with E-state index >= 15 is 0 Å². The Morgan fingerprint density at radius 3 is 2.65 bits per heavy atom. The van der Waals surface area contributed by atoms with E-state index < -0.39 is 8.07 Å². The molecule has 88 valence electrons. The van der Waals surface area contributed by atoms with Crippen LogP contribution in [-0.2, 0) is 7.05 Å². The lowest BCUT2D eigenvalue weighted by molar-refractivity contribution is 0.784. The molecule has 0 aromatic carbocycles. The molecule has 2 aromatic heterocycles. The highest BCUT2D eigenvalue weighted by Crippen LogP contribution is 2.18. The van der Waals surface area contributed by atoms with Crippen LogP contribution in [0.4, 0.5) is 0 Å². The van der Waals surface area contributed by atoms with Crippen molar-refractivity contribution in [2.45, 2.75) is 19.6 Å². The van der Waals surface area contributed by atoms with E-state index in [-0.39, 0.29) is 0 Å². The van der Waals surface area contributed by atoms with Crippen LogP contribution in [0.15, 0.2) is 6.20 Å². The third kappa shape index (κ3) is 2.65. The molecule has 0 unspecified atom stereocenters. The summed E-state index contributed by atoms with van der Waals surface area (Å²) >= 11 is 6.06. The molecule has 2 rings (SSSR count). The van der Waals surface area contributed by atoms with E-state index in [4.69, 9.17) is 11.6 Å². The molecule has 17 heavy (non-hydrogen) atoms. The SMILES string of the molecule is Cn1ncc2c(Cl)nc(C#C[Si](C)(C)C)nc21. The summed E-state index contributed by atoms with van der Waals surface area (Å²) in [7, 11) is 0.392. The van der Waals surface area contributed by atoms with Crippen molar-refractivity contribution >= 4 is 30.7 Å². The molecular formula is C11H13ClN4Si. The fourth-order valence-electron chi connectivity index (χ4n) is 1.29. The molecule has 0 amide bonds. The van der Waals surface area contributed by atoms with Gasteiger partial charge in [-0.2, -0.15) is 5.10 Å². The van der Waals surface area contributed by atoms with Gasteiger partial charge < -0.3 is 0 Å². The molecule has 0 saturated heterocycles. The maximum atomic E-state index is 6.06. The summed E-state index contributed by atoms with van der Waals surface area (Å²) in [6, 6.07) is 0. The van der Waals surface area contributed by atoms with Crippen molar-refractivity contribution in [2.24, 2.45) is 7.05 Å². The predicted octanol–water partition coefficient (Wildman–Crippen LogP) is 2.25. The average molecular weight is 265 g/mol. The van der Waals surface area contributed by atoms with E-state index in [1.807, 2.05) is 7.05 Å². The van der Waals surface area contributed by atoms with Gasteiger partial charge in [0.1, 0.15) is 13.2 Å². The highest BCUT2D eigenvalue weighted by atomic mass is 35.5. The monoisotopic (exact) mass is 264 g/mol. The Kier molecular flexibility index (Phi) is 2.94. The van der Waals surface area contributed by atoms with Crippen molar-refractivity contribution in [3.8, 4) is 11.5 Å². The fourth-order valence-corrected chi connectivity index (χ4v) is 1.99. The van der Waals surface area contributed by atoms with Crippen LogP contribution in [0, 0.1) is 11.5 Å². The summed E-state index contributed by atoms with van der Waals surface area (Å²) in [5.41, 5.74) is 3.93. The van der Waals surface area contributed by atoms with Gasteiger partial charge in [0.15, 0.2) is 5.65 Å². The van der Waals surface area contributed by atoms with Crippen LogP contribution in [0.3, 0.4) is 0 Å². The third-order valence-electron chi connectivity index (χ3n) is 2.09. The van der Waals surface area contributed by atoms with Gasteiger partial charge in [-0.15, -0.1) is 5.54 Å². The molecule has 2 aromatic rings. The highest BCUT2D eigenvalue weighted by Gasteiger charge is 2.10. The molecule has 0 bridgehead atoms. The molecule has 0 aliphatic rings. The Morgan fingerprint density at radius 1 is 1.29 bits per heavy atom. The van der Waals surface area contributed by atoms with Gasteiger partial charge >= 0.3 is 0 Å². The number of hydrogen-bond acceptors (Lipinski definition) is 3. The highest BCUT2D eigenvalue weighted by molar-refractivity contribution is 6.83. The van der Waals surface area contributed by atoms with Crippen molar-refractivity contribution in [1.82, 2.24) is 19.7 Å². The van der Waals surface area contributed by atoms with Crippen LogP contribution in [0.2, 0.25) is 24.8 Å². The topological polar surface area (TPSA) is 43.6 Å². The largest absolute Gasteiger partial charge is 0.250 e. The molecule has 0 N–H and O–H groups in total. The minimum Gasteiger partial charge on any atom is -0.250 e. The lowest BCUT2D eigenvalue weighted by atomic mass is 10.4. The summed E-state index contributed by atoms with van der Waals surface area (Å²) in [4.78, 5) is 8.52. The molecule has 0 spiro atoms. The number of rotatable bonds is 0. The zero-order valence-electron chi connectivity index (χ0n) is 10.2. The maximum Gasteiger partial charge on any atom is 0.207 e. The Morgan fingerprint density at radius 2 is 2.00 bits per heavy atom. The van der Waals surface area contributed by atoms with Crippen LogP contribution in [0.1, 0.15) is 5.82 Å². The molecule has 0 aliphatic carbocycles. The van der Waals surface area contributed by atoms with E-state index in [1.54, 1.807) is 10.9 Å². The molecule has 0 aliphatic heterocycles. The summed E-state index contributed by atoms with van der Waals surface area (Å²) in [6.07, 6.45) is 1.66. The number of hydrogen-bond donors (Lipinski definition) is 0. The third-order valence-corrected chi connectivity index (χ3v) is 3.26. The summed E-state index contributed by atoms with van der Waals surface area (Å²) in [5, 5.41) is 5.26. The molecule has 6 heteroatoms. The van der Waals surface area contributed by atoms with Crippen molar-refractivity contribution in [2.75, 3.05) is 0 Å². The zero-order chi connectivity index (χ0) is 12.6. The first-order valence-electron chi connectivity index (χ1n) is 5.25. The molecular weight excluding hydrogens is 252 g/mol. The fraction of sp³-hybridized carbons (Fsp3) is 0.364. The number of nitrogens with zero attached hydrogens (tertiary/aromatic N) is 4. The first-order chi connectivity index (χ1) is 7.87. The lowest BCUT2D eigenvalue weighted by Gasteiger charge is -2.03. The van der Waals surface area contributed by atoms with Crippen LogP contribution in [-0.4, -0.2) is 27.8 Å². The van der Waals surface area contributed by atoms with Gasteiger partial charge in [-0.3, -0.25) is 4.68 Å². The van der Waals surface area contributed by atoms with Crippen LogP contribution in [0.5, 0.6) is 0 Å². The van der Waals surface area contributed by atoms with Gasteiger partial charge in [0.2, 0.25) is 5.82 Å². The van der Waals surface area contributed by atoms with Crippen LogP contribution < -0.4 is 0 Å². The Bertz CT molecular complexity index is 630. The van der Waals surface area contributed by atoms with Crippen molar-refractivity contribution in [3.63, 3.8) is 0 Å². The van der Waals surface area contributed by atoms with Gasteiger partial charge in [-0.05, 0) is 5.92 Å². The zero-order valence-corrected chi connectivity index (χ0v) is 12.0. The van der Waals surface area contributed by atoms with Crippen molar-refractivity contribution in [3.05, 3.63) is 17.2 Å². The number of fused-ring (bicyclic) bond motifs is 1. The number of aryl methyl sites for hydroxylation is 1. The van der Waals surface area contributed by atoms with E-state index in [0.29, 0.717) is 16.6 Å². The summed E-state index contributed by atoms with van der Waals surface area (Å²) < 4.78 is 1.67.